The number of ether oxygens (including phenoxy) is 3. The molecule has 0 spiro atoms. The van der Waals surface area contributed by atoms with E-state index in [1.54, 1.807) is 0 Å². The maximum Gasteiger partial charge on any atom is 0.472 e. The molecule has 4 N–H and O–H groups in total. The van der Waals surface area contributed by atoms with Gasteiger partial charge in [0.2, 0.25) is 0 Å². The Morgan fingerprint density at radius 2 is 0.461 bits per heavy atom. The molecule has 16 nitrogen and oxygen atoms in total. The van der Waals surface area contributed by atoms with Crippen LogP contribution in [0.3, 0.4) is 0 Å². The zero-order chi connectivity index (χ0) is 83.6. The summed E-state index contributed by atoms with van der Waals surface area (Å²) in [5, 5.41) is 20.7. The van der Waals surface area contributed by atoms with Gasteiger partial charge in [-0.1, -0.05) is 350 Å². The summed E-state index contributed by atoms with van der Waals surface area (Å²) >= 11 is 0. The molecule has 5 atom stereocenters. The summed E-state index contributed by atoms with van der Waals surface area (Å²) in [7, 11) is -9.84. The number of hydrogen-bond donors (Lipinski definition) is 4. The second kappa shape index (κ2) is 87.7. The zero-order valence-corrected chi connectivity index (χ0v) is 73.7. The number of phosphoric acid groups is 2. The molecule has 0 rings (SSSR count). The predicted octanol–water partition coefficient (Wildman–Crippen LogP) is 27.4. The Labute approximate surface area is 699 Å². The van der Waals surface area contributed by atoms with E-state index in [1.165, 1.54) is 109 Å². The van der Waals surface area contributed by atoms with E-state index < -0.39 is 91.5 Å². The fourth-order valence-electron chi connectivity index (χ4n) is 11.6. The maximum atomic E-state index is 13.0. The van der Waals surface area contributed by atoms with Crippen LogP contribution in [0.15, 0.2) is 194 Å². The molecule has 0 saturated heterocycles. The SMILES string of the molecule is CC/C=C\C/C=C\C/C=C\C/C=C\C/C=C\C/C=C\CCCCCCCCCCC(=O)OCC(COP(=O)(O)OCC(O)COP(=O)(O)OCC(O)COC(=O)CCCCCCCCCCCCCCCCC/C=C\C/C=C\C/C=C\C/C=C\CCCCC)OC(=O)CCCC/C=C\C/C=C\C/C=C\C/C=C\C/C=C\C/C=C\CC. The van der Waals surface area contributed by atoms with Gasteiger partial charge in [-0.3, -0.25) is 32.5 Å². The lowest BCUT2D eigenvalue weighted by Gasteiger charge is -2.21. The van der Waals surface area contributed by atoms with Crippen LogP contribution in [-0.4, -0.2) is 95.9 Å². The fourth-order valence-corrected chi connectivity index (χ4v) is 13.1. The Morgan fingerprint density at radius 3 is 0.748 bits per heavy atom. The van der Waals surface area contributed by atoms with Crippen LogP contribution in [0.5, 0.6) is 0 Å². The minimum Gasteiger partial charge on any atom is -0.463 e. The van der Waals surface area contributed by atoms with Crippen LogP contribution >= 0.6 is 15.6 Å². The highest BCUT2D eigenvalue weighted by molar-refractivity contribution is 7.47. The van der Waals surface area contributed by atoms with Crippen LogP contribution in [0, 0.1) is 0 Å². The van der Waals surface area contributed by atoms with Crippen molar-refractivity contribution in [3.8, 4) is 0 Å². The van der Waals surface area contributed by atoms with Crippen molar-refractivity contribution < 1.29 is 75.8 Å². The third-order valence-electron chi connectivity index (χ3n) is 18.3. The van der Waals surface area contributed by atoms with Crippen LogP contribution in [0.25, 0.3) is 0 Å². The topological polar surface area (TPSA) is 231 Å². The van der Waals surface area contributed by atoms with Gasteiger partial charge in [0.05, 0.1) is 26.4 Å². The van der Waals surface area contributed by atoms with Crippen molar-refractivity contribution in [2.24, 2.45) is 0 Å². The number of carbonyl (C=O) groups excluding carboxylic acids is 3. The largest absolute Gasteiger partial charge is 0.472 e. The Kier molecular flexibility index (Phi) is 83.4. The van der Waals surface area contributed by atoms with Gasteiger partial charge in [-0.15, -0.1) is 0 Å². The van der Waals surface area contributed by atoms with Gasteiger partial charge in [0, 0.05) is 19.3 Å². The lowest BCUT2D eigenvalue weighted by Crippen LogP contribution is -2.30. The summed E-state index contributed by atoms with van der Waals surface area (Å²) in [6.07, 6.45) is 116. The first kappa shape index (κ1) is 109. The van der Waals surface area contributed by atoms with Gasteiger partial charge < -0.3 is 34.2 Å². The van der Waals surface area contributed by atoms with Crippen molar-refractivity contribution in [3.05, 3.63) is 194 Å². The molecule has 0 bridgehead atoms. The first-order valence-electron chi connectivity index (χ1n) is 44.7. The fraction of sp³-hybridized carbons (Fsp3) is 0.639. The number of rotatable bonds is 83. The van der Waals surface area contributed by atoms with Crippen molar-refractivity contribution in [1.29, 1.82) is 0 Å². The van der Waals surface area contributed by atoms with Gasteiger partial charge in [-0.25, -0.2) is 9.13 Å². The second-order valence-electron chi connectivity index (χ2n) is 29.3. The van der Waals surface area contributed by atoms with Gasteiger partial charge in [0.15, 0.2) is 6.10 Å². The van der Waals surface area contributed by atoms with E-state index in [4.69, 9.17) is 32.3 Å². The van der Waals surface area contributed by atoms with Crippen LogP contribution in [0.1, 0.15) is 342 Å². The van der Waals surface area contributed by atoms with Gasteiger partial charge in [-0.2, -0.15) is 0 Å². The molecule has 0 aromatic heterocycles. The molecule has 0 heterocycles. The number of phosphoric ester groups is 2. The molecule has 5 unspecified atom stereocenters. The third kappa shape index (κ3) is 89.0. The molecule has 654 valence electrons. The average Bonchev–Trinajstić information content (AvgIpc) is 0.900. The van der Waals surface area contributed by atoms with E-state index in [-0.39, 0.29) is 19.3 Å². The predicted molar refractivity (Wildman–Crippen MR) is 481 cm³/mol. The highest BCUT2D eigenvalue weighted by Crippen LogP contribution is 2.45. The molecule has 0 aliphatic carbocycles. The number of unbranched alkanes of at least 4 members (excludes halogenated alkanes) is 28. The molecule has 0 radical (unpaired) electrons. The standard InChI is InChI=1S/C97H160O16P2/c1-4-7-10-13-16-19-22-25-28-31-34-37-39-41-43-44-45-46-48-50-51-54-56-59-62-65-68-71-74-77-80-83-95(100)107-86-92(98)87-109-114(103,104)110-88-93(99)89-111-115(105,106)112-91-94(113-97(102)85-82-79-76-73-70-67-64-61-58-53-36-33-30-27-24-21-18-15-12-9-6-3)90-108-96(101)84-81-78-75-72-69-66-63-60-57-55-52-49-47-42-40-38-35-32-29-26-23-20-17-14-11-8-5-2/h8-9,11-12,16-21,25-30,34-38,41-43,47,52-53,55,61,64,70,73,92-94,98-99H,4-7,10,13-15,22-24,31-33,39-40,44-46,48-51,54,56-60,62-63,65-69,71-72,74-91H2,1-3H3,(H,103,104)(H,105,106)/b11-8-,12-9-,19-16-,20-17-,21-18-,28-25-,29-26-,30-27-,37-34-,38-35-,43-41-,47-42-,53-36-,55-52-,64-61-,73-70-. The number of allylic oxidation sites excluding steroid dienone is 32. The molecule has 115 heavy (non-hydrogen) atoms. The highest BCUT2D eigenvalue weighted by Gasteiger charge is 2.29. The minimum absolute atomic E-state index is 0.0400. The van der Waals surface area contributed by atoms with Crippen LogP contribution in [0.4, 0.5) is 0 Å². The molecule has 0 fully saturated rings. The highest BCUT2D eigenvalue weighted by atomic mass is 31.2. The van der Waals surface area contributed by atoms with Crippen molar-refractivity contribution in [3.63, 3.8) is 0 Å². The summed E-state index contributed by atoms with van der Waals surface area (Å²) in [4.78, 5) is 58.9. The average molecular weight is 1640 g/mol. The van der Waals surface area contributed by atoms with Gasteiger partial charge in [0.25, 0.3) is 0 Å². The van der Waals surface area contributed by atoms with E-state index in [1.807, 2.05) is 0 Å². The Morgan fingerprint density at radius 1 is 0.252 bits per heavy atom. The molecule has 0 aliphatic heterocycles. The van der Waals surface area contributed by atoms with Crippen molar-refractivity contribution in [1.82, 2.24) is 0 Å². The number of esters is 3. The summed E-state index contributed by atoms with van der Waals surface area (Å²) in [5.41, 5.74) is 0. The van der Waals surface area contributed by atoms with Gasteiger partial charge in [0.1, 0.15) is 25.4 Å². The van der Waals surface area contributed by atoms with E-state index >= 15 is 0 Å². The third-order valence-corrected chi connectivity index (χ3v) is 20.2. The molecule has 0 aromatic carbocycles. The molecule has 18 heteroatoms. The van der Waals surface area contributed by atoms with Crippen LogP contribution in [-0.2, 0) is 55.8 Å². The molecular formula is C97H160O16P2. The maximum absolute atomic E-state index is 13.0. The Bertz CT molecular complexity index is 2870. The van der Waals surface area contributed by atoms with Crippen LogP contribution in [0.2, 0.25) is 0 Å². The summed E-state index contributed by atoms with van der Waals surface area (Å²) in [6.45, 7) is 2.37. The normalized spacial score (nSPS) is 14.7. The van der Waals surface area contributed by atoms with Gasteiger partial charge in [-0.05, 0) is 167 Å². The van der Waals surface area contributed by atoms with E-state index in [0.717, 1.165) is 167 Å². The first-order valence-corrected chi connectivity index (χ1v) is 47.7. The summed E-state index contributed by atoms with van der Waals surface area (Å²) in [6, 6.07) is 0. The number of carbonyl (C=O) groups is 3. The number of aliphatic hydroxyl groups excluding tert-OH is 2. The van der Waals surface area contributed by atoms with E-state index in [2.05, 4.69) is 215 Å². The van der Waals surface area contributed by atoms with Gasteiger partial charge >= 0.3 is 33.6 Å². The Hall–Kier alpha value is -5.61. The molecule has 0 aromatic rings. The zero-order valence-electron chi connectivity index (χ0n) is 71.9. The van der Waals surface area contributed by atoms with E-state index in [9.17, 15) is 43.5 Å². The number of hydrogen-bond acceptors (Lipinski definition) is 14. The first-order chi connectivity index (χ1) is 56.2. The second-order valence-corrected chi connectivity index (χ2v) is 32.2. The molecule has 0 aliphatic rings. The quantitative estimate of drug-likeness (QED) is 0.0146. The van der Waals surface area contributed by atoms with Crippen molar-refractivity contribution in [2.45, 2.75) is 360 Å². The minimum atomic E-state index is -4.96. The molecular weight excluding hydrogens is 1480 g/mol. The summed E-state index contributed by atoms with van der Waals surface area (Å²) in [5.74, 6) is -1.64. The Balaban J connectivity index is 4.65. The van der Waals surface area contributed by atoms with Crippen molar-refractivity contribution in [2.75, 3.05) is 39.6 Å². The molecule has 0 saturated carbocycles. The lowest BCUT2D eigenvalue weighted by molar-refractivity contribution is -0.161. The molecule has 0 amide bonds. The smallest absolute Gasteiger partial charge is 0.463 e. The number of aliphatic hydroxyl groups is 2. The monoisotopic (exact) mass is 1640 g/mol. The van der Waals surface area contributed by atoms with Crippen molar-refractivity contribution >= 4 is 33.6 Å². The summed E-state index contributed by atoms with van der Waals surface area (Å²) < 4.78 is 61.4. The lowest BCUT2D eigenvalue weighted by atomic mass is 10.0. The van der Waals surface area contributed by atoms with Crippen LogP contribution < -0.4 is 0 Å². The van der Waals surface area contributed by atoms with E-state index in [0.29, 0.717) is 25.7 Å².